The van der Waals surface area contributed by atoms with Crippen LogP contribution in [0.4, 0.5) is 4.79 Å². The van der Waals surface area contributed by atoms with Gasteiger partial charge in [-0.15, -0.1) is 0 Å². The fourth-order valence-electron chi connectivity index (χ4n) is 3.50. The fourth-order valence-corrected chi connectivity index (χ4v) is 3.50. The van der Waals surface area contributed by atoms with Crippen LogP contribution in [-0.2, 0) is 22.7 Å². The molecule has 0 aromatic heterocycles. The van der Waals surface area contributed by atoms with Gasteiger partial charge in [0.2, 0.25) is 5.91 Å². The highest BCUT2D eigenvalue weighted by Crippen LogP contribution is 2.31. The summed E-state index contributed by atoms with van der Waals surface area (Å²) in [6.07, 6.45) is -2.01. The number of amides is 2. The van der Waals surface area contributed by atoms with Crippen LogP contribution in [0.2, 0.25) is 0 Å². The first-order valence-electron chi connectivity index (χ1n) is 9.76. The van der Waals surface area contributed by atoms with Gasteiger partial charge < -0.3 is 34.6 Å². The summed E-state index contributed by atoms with van der Waals surface area (Å²) in [6, 6.07) is 12.5. The summed E-state index contributed by atoms with van der Waals surface area (Å²) >= 11 is 0. The van der Waals surface area contributed by atoms with Crippen molar-refractivity contribution in [3.05, 3.63) is 59.7 Å². The fraction of sp³-hybridized carbons (Fsp3) is 0.364. The van der Waals surface area contributed by atoms with Gasteiger partial charge >= 0.3 is 6.09 Å². The molecule has 2 aromatic carbocycles. The number of methoxy groups -OCH3 is 2. The van der Waals surface area contributed by atoms with Gasteiger partial charge in [-0.25, -0.2) is 4.79 Å². The third kappa shape index (κ3) is 5.07. The van der Waals surface area contributed by atoms with E-state index in [1.165, 1.54) is 19.1 Å². The average Bonchev–Trinajstić information content (AvgIpc) is 2.81. The number of β-lactam (4-membered cyclic amide) rings is 1. The lowest BCUT2D eigenvalue weighted by atomic mass is 9.89. The molecule has 31 heavy (non-hydrogen) atoms. The molecule has 0 bridgehead atoms. The quantitative estimate of drug-likeness (QED) is 0.509. The second-order valence-corrected chi connectivity index (χ2v) is 7.07. The van der Waals surface area contributed by atoms with E-state index in [0.717, 1.165) is 5.56 Å². The molecule has 166 valence electrons. The number of aliphatic hydroxyl groups excluding tert-OH is 2. The van der Waals surface area contributed by atoms with Crippen LogP contribution in [0.1, 0.15) is 11.1 Å². The number of benzene rings is 2. The molecule has 1 heterocycles. The molecular formula is C22H26N2O7. The highest BCUT2D eigenvalue weighted by atomic mass is 16.5. The maximum Gasteiger partial charge on any atom is 0.408 e. The molecule has 0 radical (unpaired) electrons. The van der Waals surface area contributed by atoms with Crippen LogP contribution >= 0.6 is 0 Å². The van der Waals surface area contributed by atoms with Crippen LogP contribution in [0.25, 0.3) is 0 Å². The largest absolute Gasteiger partial charge is 0.497 e. The number of carbonyl (C=O) groups excluding carboxylic acids is 2. The van der Waals surface area contributed by atoms with E-state index in [-0.39, 0.29) is 13.2 Å². The molecule has 0 aliphatic carbocycles. The van der Waals surface area contributed by atoms with Crippen molar-refractivity contribution in [1.82, 2.24) is 10.2 Å². The highest BCUT2D eigenvalue weighted by Gasteiger charge is 2.51. The van der Waals surface area contributed by atoms with Crippen molar-refractivity contribution in [2.24, 2.45) is 0 Å². The first-order chi connectivity index (χ1) is 15.0. The van der Waals surface area contributed by atoms with Gasteiger partial charge in [-0.1, -0.05) is 30.3 Å². The minimum absolute atomic E-state index is 0.0492. The molecule has 3 atom stereocenters. The molecule has 0 unspecified atom stereocenters. The summed E-state index contributed by atoms with van der Waals surface area (Å²) < 4.78 is 15.7. The van der Waals surface area contributed by atoms with E-state index >= 15 is 0 Å². The highest BCUT2D eigenvalue weighted by molar-refractivity contribution is 5.92. The number of nitrogens with zero attached hydrogens (tertiary/aromatic N) is 1. The zero-order chi connectivity index (χ0) is 22.4. The Kier molecular flexibility index (Phi) is 7.32. The molecular weight excluding hydrogens is 404 g/mol. The van der Waals surface area contributed by atoms with E-state index in [2.05, 4.69) is 5.32 Å². The van der Waals surface area contributed by atoms with Gasteiger partial charge in [0.25, 0.3) is 0 Å². The predicted molar refractivity (Wildman–Crippen MR) is 111 cm³/mol. The first-order valence-corrected chi connectivity index (χ1v) is 9.76. The van der Waals surface area contributed by atoms with Crippen molar-refractivity contribution in [3.63, 3.8) is 0 Å². The van der Waals surface area contributed by atoms with Crippen molar-refractivity contribution in [2.45, 2.75) is 31.3 Å². The normalized spacial score (nSPS) is 18.7. The van der Waals surface area contributed by atoms with Gasteiger partial charge in [-0.3, -0.25) is 4.79 Å². The monoisotopic (exact) mass is 430 g/mol. The number of nitrogens with one attached hydrogen (secondary N) is 1. The van der Waals surface area contributed by atoms with Gasteiger partial charge in [0.05, 0.1) is 33.0 Å². The van der Waals surface area contributed by atoms with Crippen molar-refractivity contribution in [2.75, 3.05) is 20.8 Å². The lowest BCUT2D eigenvalue weighted by Gasteiger charge is -2.48. The summed E-state index contributed by atoms with van der Waals surface area (Å²) in [6.45, 7) is -0.385. The van der Waals surface area contributed by atoms with Crippen LogP contribution in [0.3, 0.4) is 0 Å². The van der Waals surface area contributed by atoms with Crippen LogP contribution in [0.15, 0.2) is 48.5 Å². The topological polar surface area (TPSA) is 118 Å². The Balaban J connectivity index is 1.67. The molecule has 9 heteroatoms. The Bertz CT molecular complexity index is 906. The third-order valence-electron chi connectivity index (χ3n) is 5.15. The molecule has 1 fully saturated rings. The first kappa shape index (κ1) is 22.4. The van der Waals surface area contributed by atoms with Crippen LogP contribution < -0.4 is 14.8 Å². The zero-order valence-corrected chi connectivity index (χ0v) is 17.4. The lowest BCUT2D eigenvalue weighted by Crippen LogP contribution is -2.74. The molecule has 3 N–H and O–H groups in total. The minimum atomic E-state index is -1.23. The zero-order valence-electron chi connectivity index (χ0n) is 17.4. The van der Waals surface area contributed by atoms with E-state index in [1.54, 1.807) is 18.2 Å². The van der Waals surface area contributed by atoms with E-state index in [4.69, 9.17) is 14.2 Å². The number of rotatable bonds is 9. The Hall–Kier alpha value is -3.30. The second-order valence-electron chi connectivity index (χ2n) is 7.07. The van der Waals surface area contributed by atoms with Crippen molar-refractivity contribution in [3.8, 4) is 11.5 Å². The van der Waals surface area contributed by atoms with E-state index < -0.39 is 36.8 Å². The Labute approximate surface area is 180 Å². The predicted octanol–water partition coefficient (Wildman–Crippen LogP) is 1.06. The Morgan fingerprint density at radius 2 is 1.90 bits per heavy atom. The van der Waals surface area contributed by atoms with Crippen LogP contribution in [0, 0.1) is 0 Å². The number of alkyl carbamates (subject to hydrolysis) is 1. The van der Waals surface area contributed by atoms with Gasteiger partial charge in [0, 0.05) is 18.2 Å². The molecule has 3 rings (SSSR count). The summed E-state index contributed by atoms with van der Waals surface area (Å²) in [5, 5.41) is 22.2. The van der Waals surface area contributed by atoms with Crippen LogP contribution in [-0.4, -0.2) is 66.1 Å². The molecule has 9 nitrogen and oxygen atoms in total. The molecule has 1 aliphatic heterocycles. The Morgan fingerprint density at radius 3 is 2.55 bits per heavy atom. The van der Waals surface area contributed by atoms with Crippen molar-refractivity contribution < 1.29 is 34.0 Å². The van der Waals surface area contributed by atoms with E-state index in [0.29, 0.717) is 17.1 Å². The molecule has 0 spiro atoms. The number of aliphatic hydroxyl groups is 2. The van der Waals surface area contributed by atoms with E-state index in [1.807, 2.05) is 30.3 Å². The summed E-state index contributed by atoms with van der Waals surface area (Å²) in [7, 11) is 3.04. The maximum absolute atomic E-state index is 12.7. The maximum atomic E-state index is 12.7. The van der Waals surface area contributed by atoms with Gasteiger partial charge in [0.1, 0.15) is 24.1 Å². The SMILES string of the molecule is COc1ccc(CN2C(=O)[C@@H](NC(=O)OCc3ccccc3)[C@H]2[C@@H](O)CO)c(OC)c1. The molecule has 1 saturated heterocycles. The number of hydrogen-bond donors (Lipinski definition) is 3. The van der Waals surface area contributed by atoms with Gasteiger partial charge in [-0.05, 0) is 17.7 Å². The second kappa shape index (κ2) is 10.1. The smallest absolute Gasteiger partial charge is 0.408 e. The van der Waals surface area contributed by atoms with Crippen LogP contribution in [0.5, 0.6) is 11.5 Å². The van der Waals surface area contributed by atoms with E-state index in [9.17, 15) is 19.8 Å². The molecule has 1 aliphatic rings. The molecule has 0 saturated carbocycles. The van der Waals surface area contributed by atoms with Gasteiger partial charge in [0.15, 0.2) is 0 Å². The van der Waals surface area contributed by atoms with Crippen molar-refractivity contribution in [1.29, 1.82) is 0 Å². The molecule has 2 amide bonds. The summed E-state index contributed by atoms with van der Waals surface area (Å²) in [5.41, 5.74) is 1.50. The number of ether oxygens (including phenoxy) is 3. The Morgan fingerprint density at radius 1 is 1.16 bits per heavy atom. The molecule has 2 aromatic rings. The lowest BCUT2D eigenvalue weighted by molar-refractivity contribution is -0.161. The number of likely N-dealkylation sites (tertiary alicyclic amines) is 1. The number of carbonyl (C=O) groups is 2. The number of hydrogen-bond acceptors (Lipinski definition) is 7. The summed E-state index contributed by atoms with van der Waals surface area (Å²) in [5.74, 6) is 0.721. The third-order valence-corrected chi connectivity index (χ3v) is 5.15. The van der Waals surface area contributed by atoms with Crippen molar-refractivity contribution >= 4 is 12.0 Å². The summed E-state index contributed by atoms with van der Waals surface area (Å²) in [4.78, 5) is 26.3. The van der Waals surface area contributed by atoms with Gasteiger partial charge in [-0.2, -0.15) is 0 Å². The minimum Gasteiger partial charge on any atom is -0.497 e. The standard InChI is InChI=1S/C22H26N2O7/c1-29-16-9-8-15(18(10-16)30-2)11-24-20(17(26)12-25)19(21(24)27)23-22(28)31-13-14-6-4-3-5-7-14/h3-10,17,19-20,25-26H,11-13H2,1-2H3,(H,23,28)/t17-,19-,20+/m0/s1. The average molecular weight is 430 g/mol.